The Hall–Kier alpha value is -2.76. The van der Waals surface area contributed by atoms with Crippen LogP contribution < -0.4 is 10.5 Å². The second-order valence-electron chi connectivity index (χ2n) is 4.17. The number of aryl methyl sites for hydroxylation is 1. The number of carboxylic acids is 1. The van der Waals surface area contributed by atoms with Gasteiger partial charge in [-0.05, 0) is 37.3 Å². The van der Waals surface area contributed by atoms with Crippen LogP contribution in [0.1, 0.15) is 32.2 Å². The van der Waals surface area contributed by atoms with Gasteiger partial charge in [0.1, 0.15) is 18.1 Å². The number of primary amides is 1. The van der Waals surface area contributed by atoms with Crippen LogP contribution in [0.4, 0.5) is 0 Å². The third-order valence-corrected chi connectivity index (χ3v) is 2.76. The summed E-state index contributed by atoms with van der Waals surface area (Å²) >= 11 is 0. The van der Waals surface area contributed by atoms with Gasteiger partial charge in [0.2, 0.25) is 11.7 Å². The maximum Gasteiger partial charge on any atom is 0.371 e. The van der Waals surface area contributed by atoms with Gasteiger partial charge >= 0.3 is 5.97 Å². The van der Waals surface area contributed by atoms with Crippen molar-refractivity contribution in [2.45, 2.75) is 13.5 Å². The van der Waals surface area contributed by atoms with Gasteiger partial charge in [0.15, 0.2) is 0 Å². The molecule has 3 N–H and O–H groups in total. The molecule has 2 rings (SSSR count). The zero-order chi connectivity index (χ0) is 14.7. The van der Waals surface area contributed by atoms with E-state index in [9.17, 15) is 9.59 Å². The smallest absolute Gasteiger partial charge is 0.371 e. The molecule has 1 aromatic carbocycles. The summed E-state index contributed by atoms with van der Waals surface area (Å²) in [4.78, 5) is 21.7. The van der Waals surface area contributed by atoms with Crippen molar-refractivity contribution in [2.24, 2.45) is 5.73 Å². The van der Waals surface area contributed by atoms with Crippen molar-refractivity contribution in [3.8, 4) is 5.75 Å². The number of hydrogen-bond donors (Lipinski definition) is 2. The summed E-state index contributed by atoms with van der Waals surface area (Å²) in [6, 6.07) is 7.78. The number of amides is 1. The van der Waals surface area contributed by atoms with Gasteiger partial charge in [0.25, 0.3) is 0 Å². The minimum atomic E-state index is -1.12. The number of nitrogens with two attached hydrogens (primary N) is 1. The van der Waals surface area contributed by atoms with Crippen molar-refractivity contribution < 1.29 is 23.8 Å². The summed E-state index contributed by atoms with van der Waals surface area (Å²) in [5.41, 5.74) is 6.18. The molecule has 0 atom stereocenters. The van der Waals surface area contributed by atoms with Crippen molar-refractivity contribution in [2.75, 3.05) is 0 Å². The van der Waals surface area contributed by atoms with Gasteiger partial charge in [-0.3, -0.25) is 4.79 Å². The standard InChI is InChI=1S/C14H13NO5/c1-8-10(6-12(20-8)14(17)18)7-19-11-4-2-9(3-5-11)13(15)16/h2-6H,7H2,1H3,(H2,15,16)(H,17,18). The Morgan fingerprint density at radius 2 is 1.95 bits per heavy atom. The van der Waals surface area contributed by atoms with E-state index in [1.165, 1.54) is 6.07 Å². The first-order valence-electron chi connectivity index (χ1n) is 5.82. The van der Waals surface area contributed by atoms with Gasteiger partial charge in [-0.2, -0.15) is 0 Å². The van der Waals surface area contributed by atoms with E-state index in [4.69, 9.17) is 20.0 Å². The van der Waals surface area contributed by atoms with Gasteiger partial charge in [0.05, 0.1) is 0 Å². The van der Waals surface area contributed by atoms with Crippen LogP contribution in [-0.2, 0) is 6.61 Å². The lowest BCUT2D eigenvalue weighted by Crippen LogP contribution is -2.10. The van der Waals surface area contributed by atoms with Crippen LogP contribution in [0.2, 0.25) is 0 Å². The van der Waals surface area contributed by atoms with E-state index in [1.807, 2.05) is 0 Å². The Morgan fingerprint density at radius 1 is 1.30 bits per heavy atom. The van der Waals surface area contributed by atoms with Crippen LogP contribution in [0.25, 0.3) is 0 Å². The molecular weight excluding hydrogens is 262 g/mol. The predicted molar refractivity (Wildman–Crippen MR) is 69.7 cm³/mol. The molecule has 0 aliphatic heterocycles. The topological polar surface area (TPSA) is 103 Å². The number of carbonyl (C=O) groups is 2. The van der Waals surface area contributed by atoms with E-state index in [0.29, 0.717) is 22.6 Å². The zero-order valence-electron chi connectivity index (χ0n) is 10.8. The average molecular weight is 275 g/mol. The van der Waals surface area contributed by atoms with E-state index < -0.39 is 11.9 Å². The SMILES string of the molecule is Cc1oc(C(=O)O)cc1COc1ccc(C(N)=O)cc1. The molecule has 0 radical (unpaired) electrons. The lowest BCUT2D eigenvalue weighted by atomic mass is 10.2. The molecule has 2 aromatic rings. The molecular formula is C14H13NO5. The van der Waals surface area contributed by atoms with Crippen LogP contribution >= 0.6 is 0 Å². The summed E-state index contributed by atoms with van der Waals surface area (Å²) in [7, 11) is 0. The Balaban J connectivity index is 2.05. The molecule has 0 bridgehead atoms. The van der Waals surface area contributed by atoms with E-state index in [1.54, 1.807) is 31.2 Å². The summed E-state index contributed by atoms with van der Waals surface area (Å²) in [6.45, 7) is 1.85. The number of carboxylic acid groups (broad SMARTS) is 1. The highest BCUT2D eigenvalue weighted by Gasteiger charge is 2.13. The minimum Gasteiger partial charge on any atom is -0.489 e. The largest absolute Gasteiger partial charge is 0.489 e. The minimum absolute atomic E-state index is 0.120. The number of aromatic carboxylic acids is 1. The third-order valence-electron chi connectivity index (χ3n) is 2.76. The van der Waals surface area contributed by atoms with Crippen LogP contribution in [0, 0.1) is 6.92 Å². The van der Waals surface area contributed by atoms with Crippen molar-refractivity contribution in [1.82, 2.24) is 0 Å². The fraction of sp³-hybridized carbons (Fsp3) is 0.143. The second-order valence-corrected chi connectivity index (χ2v) is 4.17. The van der Waals surface area contributed by atoms with Crippen molar-refractivity contribution >= 4 is 11.9 Å². The number of carbonyl (C=O) groups excluding carboxylic acids is 1. The molecule has 0 fully saturated rings. The fourth-order valence-electron chi connectivity index (χ4n) is 1.65. The van der Waals surface area contributed by atoms with E-state index in [-0.39, 0.29) is 12.4 Å². The number of rotatable bonds is 5. The molecule has 0 aliphatic carbocycles. The van der Waals surface area contributed by atoms with E-state index in [2.05, 4.69) is 0 Å². The van der Waals surface area contributed by atoms with Crippen molar-refractivity contribution in [1.29, 1.82) is 0 Å². The summed E-state index contributed by atoms with van der Waals surface area (Å²) in [6.07, 6.45) is 0. The van der Waals surface area contributed by atoms with Gasteiger partial charge in [-0.15, -0.1) is 0 Å². The molecule has 0 saturated carbocycles. The van der Waals surface area contributed by atoms with E-state index in [0.717, 1.165) is 0 Å². The highest BCUT2D eigenvalue weighted by molar-refractivity contribution is 5.92. The Morgan fingerprint density at radius 3 is 2.45 bits per heavy atom. The normalized spacial score (nSPS) is 10.2. The van der Waals surface area contributed by atoms with E-state index >= 15 is 0 Å². The Bertz CT molecular complexity index is 642. The number of furan rings is 1. The van der Waals surface area contributed by atoms with Gasteiger partial charge in [0, 0.05) is 11.1 Å². The van der Waals surface area contributed by atoms with Crippen molar-refractivity contribution in [3.63, 3.8) is 0 Å². The summed E-state index contributed by atoms with van der Waals surface area (Å²) in [5, 5.41) is 8.81. The number of benzene rings is 1. The third kappa shape index (κ3) is 2.97. The van der Waals surface area contributed by atoms with Crippen LogP contribution in [0.15, 0.2) is 34.7 Å². The Kier molecular flexibility index (Phi) is 3.74. The highest BCUT2D eigenvalue weighted by Crippen LogP contribution is 2.18. The molecule has 6 nitrogen and oxygen atoms in total. The molecule has 1 aromatic heterocycles. The summed E-state index contributed by atoms with van der Waals surface area (Å²) < 4.78 is 10.6. The molecule has 1 heterocycles. The van der Waals surface area contributed by atoms with Crippen LogP contribution in [-0.4, -0.2) is 17.0 Å². The number of hydrogen-bond acceptors (Lipinski definition) is 4. The van der Waals surface area contributed by atoms with Gasteiger partial charge < -0.3 is 20.0 Å². The average Bonchev–Trinajstić information content (AvgIpc) is 2.78. The predicted octanol–water partition coefficient (Wildman–Crippen LogP) is 1.96. The first-order valence-corrected chi connectivity index (χ1v) is 5.82. The van der Waals surface area contributed by atoms with Crippen LogP contribution in [0.5, 0.6) is 5.75 Å². The quantitative estimate of drug-likeness (QED) is 0.868. The first kappa shape index (κ1) is 13.7. The molecule has 6 heteroatoms. The fourth-order valence-corrected chi connectivity index (χ4v) is 1.65. The van der Waals surface area contributed by atoms with Gasteiger partial charge in [-0.1, -0.05) is 0 Å². The molecule has 20 heavy (non-hydrogen) atoms. The molecule has 0 saturated heterocycles. The van der Waals surface area contributed by atoms with Crippen LogP contribution in [0.3, 0.4) is 0 Å². The highest BCUT2D eigenvalue weighted by atomic mass is 16.5. The molecule has 0 aliphatic rings. The second kappa shape index (κ2) is 5.48. The molecule has 104 valence electrons. The maximum atomic E-state index is 10.9. The Labute approximate surface area is 114 Å². The zero-order valence-corrected chi connectivity index (χ0v) is 10.8. The first-order chi connectivity index (χ1) is 9.47. The number of ether oxygens (including phenoxy) is 1. The lowest BCUT2D eigenvalue weighted by Gasteiger charge is -2.05. The molecule has 0 unspecified atom stereocenters. The maximum absolute atomic E-state index is 10.9. The molecule has 0 spiro atoms. The van der Waals surface area contributed by atoms with Gasteiger partial charge in [-0.25, -0.2) is 4.79 Å². The molecule has 1 amide bonds. The lowest BCUT2D eigenvalue weighted by molar-refractivity contribution is 0.0660. The monoisotopic (exact) mass is 275 g/mol. The van der Waals surface area contributed by atoms with Crippen molar-refractivity contribution in [3.05, 3.63) is 53.0 Å². The summed E-state index contributed by atoms with van der Waals surface area (Å²) in [5.74, 6) is -0.702.